The Hall–Kier alpha value is -7.16. The molecule has 0 N–H and O–H groups in total. The third-order valence-electron chi connectivity index (χ3n) is 10.3. The Morgan fingerprint density at radius 2 is 0.870 bits per heavy atom. The molecule has 0 aliphatic carbocycles. The number of furan rings is 2. The first-order chi connectivity index (χ1) is 33.0. The van der Waals surface area contributed by atoms with Crippen molar-refractivity contribution in [2.45, 2.75) is 0 Å². The number of para-hydroxylation sites is 1. The molecule has 0 amide bonds. The Morgan fingerprint density at radius 3 is 1.59 bits per heavy atom. The predicted octanol–water partition coefficient (Wildman–Crippen LogP) is 15.1. The maximum atomic E-state index is 9.47. The van der Waals surface area contributed by atoms with Gasteiger partial charge in [0.05, 0.1) is 20.6 Å². The van der Waals surface area contributed by atoms with E-state index in [0.29, 0.717) is 16.5 Å². The fraction of sp³-hybridized carbons (Fsp3) is 0. The van der Waals surface area contributed by atoms with Crippen molar-refractivity contribution in [1.82, 2.24) is 0 Å². The van der Waals surface area contributed by atoms with E-state index in [4.69, 9.17) is 21.2 Å². The van der Waals surface area contributed by atoms with Crippen LogP contribution in [0.25, 0.3) is 120 Å². The molecule has 2 nitrogen and oxygen atoms in total. The Labute approximate surface area is 331 Å². The van der Waals surface area contributed by atoms with Gasteiger partial charge in [-0.15, -0.1) is 0 Å². The van der Waals surface area contributed by atoms with E-state index < -0.39 is 107 Å². The van der Waals surface area contributed by atoms with E-state index in [2.05, 4.69) is 0 Å². The summed E-state index contributed by atoms with van der Waals surface area (Å²) in [5.74, 6) is 0. The summed E-state index contributed by atoms with van der Waals surface area (Å²) in [6, 6.07) is 18.8. The van der Waals surface area contributed by atoms with Crippen LogP contribution < -0.4 is 0 Å². The second-order valence-corrected chi connectivity index (χ2v) is 13.2. The average molecular weight is 702 g/mol. The number of hydrogen-bond donors (Lipinski definition) is 0. The lowest BCUT2D eigenvalue weighted by molar-refractivity contribution is 0.663. The Kier molecular flexibility index (Phi) is 3.84. The molecule has 0 radical (unpaired) electrons. The van der Waals surface area contributed by atoms with E-state index in [1.165, 1.54) is 0 Å². The summed E-state index contributed by atoms with van der Waals surface area (Å²) in [6.07, 6.45) is 0. The molecule has 2 aromatic heterocycles. The Bertz CT molecular complexity index is 4300. The van der Waals surface area contributed by atoms with Crippen molar-refractivity contribution >= 4 is 87.0 Å². The Morgan fingerprint density at radius 1 is 0.333 bits per heavy atom. The second-order valence-electron chi connectivity index (χ2n) is 13.2. The van der Waals surface area contributed by atoms with Crippen molar-refractivity contribution in [3.63, 3.8) is 0 Å². The maximum Gasteiger partial charge on any atom is 0.136 e. The molecule has 2 heterocycles. The van der Waals surface area contributed by atoms with Gasteiger partial charge in [-0.25, -0.2) is 0 Å². The van der Waals surface area contributed by atoms with Gasteiger partial charge >= 0.3 is 0 Å². The molecule has 0 atom stereocenters. The molecule has 0 aliphatic rings. The van der Waals surface area contributed by atoms with E-state index in [9.17, 15) is 8.22 Å². The van der Waals surface area contributed by atoms with Crippen LogP contribution in [0.5, 0.6) is 0 Å². The molecule has 250 valence electrons. The van der Waals surface area contributed by atoms with Gasteiger partial charge in [-0.05, 0) is 125 Å². The topological polar surface area (TPSA) is 26.3 Å². The Balaban J connectivity index is 1.11. The SMILES string of the molecule is [2H]c1c([2H])c([2H])c2c([2H])c(-c3c4c([2H])c([2H])c([2H])c([2H])c4c(-c4ccc5cc(-c6ccc7c(c6)oc6ccc8oc9ccccc9c8c67)ccc5c4)c4c([2H])c([2H])c([2H])c([2H])c34)c([2H])c([2H])c2c1[2H]. The summed E-state index contributed by atoms with van der Waals surface area (Å²) in [4.78, 5) is 0. The minimum atomic E-state index is -0.738. The monoisotopic (exact) mass is 701 g/mol. The smallest absolute Gasteiger partial charge is 0.136 e. The molecule has 10 aromatic carbocycles. The van der Waals surface area contributed by atoms with Gasteiger partial charge in [0.15, 0.2) is 0 Å². The van der Waals surface area contributed by atoms with Crippen molar-refractivity contribution < 1.29 is 29.4 Å². The molecule has 54 heavy (non-hydrogen) atoms. The third kappa shape index (κ3) is 4.28. The lowest BCUT2D eigenvalue weighted by Gasteiger charge is -2.18. The number of fused-ring (bicyclic) bond motifs is 11. The van der Waals surface area contributed by atoms with Crippen LogP contribution in [0.3, 0.4) is 0 Å². The minimum Gasteiger partial charge on any atom is -0.456 e. The van der Waals surface area contributed by atoms with Gasteiger partial charge in [0.1, 0.15) is 22.3 Å². The highest BCUT2D eigenvalue weighted by molar-refractivity contribution is 6.26. The fourth-order valence-corrected chi connectivity index (χ4v) is 7.91. The lowest BCUT2D eigenvalue weighted by Crippen LogP contribution is -1.91. The van der Waals surface area contributed by atoms with Crippen LogP contribution >= 0.6 is 0 Å². The van der Waals surface area contributed by atoms with Gasteiger partial charge in [0.25, 0.3) is 0 Å². The van der Waals surface area contributed by atoms with Gasteiger partial charge < -0.3 is 8.83 Å². The third-order valence-corrected chi connectivity index (χ3v) is 10.3. The molecule has 0 unspecified atom stereocenters. The highest BCUT2D eigenvalue weighted by atomic mass is 16.3. The first kappa shape index (κ1) is 18.6. The van der Waals surface area contributed by atoms with Crippen LogP contribution in [-0.2, 0) is 0 Å². The second kappa shape index (κ2) is 11.2. The molecule has 0 fully saturated rings. The standard InChI is InChI=1S/C52H30O2/c1-2-10-32-28-37(21-17-31(32)9-1)49-39-11-3-5-13-41(39)50(42-14-6-4-12-40(42)49)38-22-20-33-27-34(18-19-35(33)29-38)36-23-24-44-48(30-36)54-47-26-25-46-51(52(44)47)43-15-7-8-16-45(43)53-46/h1-30H/i1D,2D,3D,4D,5D,6D,9D,10D,11D,12D,13D,14D,17D,21D,28D. The summed E-state index contributed by atoms with van der Waals surface area (Å²) >= 11 is 0. The number of benzene rings is 10. The van der Waals surface area contributed by atoms with Crippen LogP contribution in [0.2, 0.25) is 0 Å². The van der Waals surface area contributed by atoms with Crippen molar-refractivity contribution in [3.8, 4) is 33.4 Å². The zero-order valence-corrected chi connectivity index (χ0v) is 28.0. The first-order valence-corrected chi connectivity index (χ1v) is 17.3. The lowest BCUT2D eigenvalue weighted by atomic mass is 9.85. The molecule has 12 rings (SSSR count). The van der Waals surface area contributed by atoms with Crippen LogP contribution in [0, 0.1) is 0 Å². The van der Waals surface area contributed by atoms with Gasteiger partial charge in [0, 0.05) is 21.5 Å². The normalized spacial score (nSPS) is 16.0. The van der Waals surface area contributed by atoms with Gasteiger partial charge in [-0.3, -0.25) is 0 Å². The molecule has 0 aliphatic heterocycles. The van der Waals surface area contributed by atoms with Crippen molar-refractivity contribution in [3.05, 3.63) is 182 Å². The van der Waals surface area contributed by atoms with Gasteiger partial charge in [0.2, 0.25) is 0 Å². The fourth-order valence-electron chi connectivity index (χ4n) is 7.91. The molecular formula is C52H30O2. The number of hydrogen-bond acceptors (Lipinski definition) is 2. The molecular weight excluding hydrogens is 657 g/mol. The zero-order valence-electron chi connectivity index (χ0n) is 43.0. The molecule has 2 heteroatoms. The van der Waals surface area contributed by atoms with Crippen LogP contribution in [-0.4, -0.2) is 0 Å². The quantitative estimate of drug-likeness (QED) is 0.171. The summed E-state index contributed by atoms with van der Waals surface area (Å²) < 4.78 is 147. The van der Waals surface area contributed by atoms with Crippen molar-refractivity contribution in [2.24, 2.45) is 0 Å². The zero-order chi connectivity index (χ0) is 48.4. The van der Waals surface area contributed by atoms with Crippen molar-refractivity contribution in [2.75, 3.05) is 0 Å². The van der Waals surface area contributed by atoms with Crippen LogP contribution in [0.15, 0.2) is 190 Å². The molecule has 0 saturated heterocycles. The highest BCUT2D eigenvalue weighted by Crippen LogP contribution is 2.45. The van der Waals surface area contributed by atoms with E-state index >= 15 is 0 Å². The largest absolute Gasteiger partial charge is 0.456 e. The molecule has 12 aromatic rings. The summed E-state index contributed by atoms with van der Waals surface area (Å²) in [6.45, 7) is 0. The van der Waals surface area contributed by atoms with E-state index in [-0.39, 0.29) is 32.7 Å². The summed E-state index contributed by atoms with van der Waals surface area (Å²) in [5.41, 5.74) is 4.22. The van der Waals surface area contributed by atoms with E-state index in [1.54, 1.807) is 12.1 Å². The van der Waals surface area contributed by atoms with Crippen LogP contribution in [0.1, 0.15) is 20.6 Å². The first-order valence-electron chi connectivity index (χ1n) is 24.8. The summed E-state index contributed by atoms with van der Waals surface area (Å²) in [5, 5.41) is 3.55. The molecule has 0 spiro atoms. The molecule has 0 bridgehead atoms. The van der Waals surface area contributed by atoms with Gasteiger partial charge in [-0.2, -0.15) is 0 Å². The van der Waals surface area contributed by atoms with E-state index in [1.807, 2.05) is 78.9 Å². The number of rotatable bonds is 3. The maximum absolute atomic E-state index is 9.47. The summed E-state index contributed by atoms with van der Waals surface area (Å²) in [7, 11) is 0. The molecule has 0 saturated carbocycles. The predicted molar refractivity (Wildman–Crippen MR) is 227 cm³/mol. The average Bonchev–Trinajstić information content (AvgIpc) is 3.93. The minimum absolute atomic E-state index is 0.0374. The van der Waals surface area contributed by atoms with Crippen LogP contribution in [0.4, 0.5) is 0 Å². The van der Waals surface area contributed by atoms with Crippen molar-refractivity contribution in [1.29, 1.82) is 0 Å². The highest BCUT2D eigenvalue weighted by Gasteiger charge is 2.19. The van der Waals surface area contributed by atoms with E-state index in [0.717, 1.165) is 54.8 Å². The van der Waals surface area contributed by atoms with Gasteiger partial charge in [-0.1, -0.05) is 133 Å².